The summed E-state index contributed by atoms with van der Waals surface area (Å²) in [6.07, 6.45) is 0. The zero-order valence-corrected chi connectivity index (χ0v) is 12.7. The lowest BCUT2D eigenvalue weighted by Crippen LogP contribution is -2.11. The first-order valence-corrected chi connectivity index (χ1v) is 7.01. The van der Waals surface area contributed by atoms with Crippen LogP contribution in [0, 0.1) is 6.92 Å². The Kier molecular flexibility index (Phi) is 4.05. The fraction of sp³-hybridized carbons (Fsp3) is 0.118. The van der Waals surface area contributed by atoms with E-state index in [0.717, 1.165) is 5.56 Å². The SMILES string of the molecule is COc1ccc(C(=O)Nc2ccc(-c3nnc(C)o3)cc2)cc1. The molecule has 3 aromatic rings. The zero-order valence-electron chi connectivity index (χ0n) is 12.7. The third-order valence-electron chi connectivity index (χ3n) is 3.27. The van der Waals surface area contributed by atoms with Gasteiger partial charge < -0.3 is 14.5 Å². The van der Waals surface area contributed by atoms with E-state index in [1.54, 1.807) is 50.4 Å². The predicted octanol–water partition coefficient (Wildman–Crippen LogP) is 3.31. The van der Waals surface area contributed by atoms with Crippen LogP contribution in [0.4, 0.5) is 5.69 Å². The number of amides is 1. The summed E-state index contributed by atoms with van der Waals surface area (Å²) in [5, 5.41) is 10.6. The van der Waals surface area contributed by atoms with E-state index < -0.39 is 0 Å². The Balaban J connectivity index is 1.71. The quantitative estimate of drug-likeness (QED) is 0.800. The van der Waals surface area contributed by atoms with E-state index >= 15 is 0 Å². The number of aromatic nitrogens is 2. The first kappa shape index (κ1) is 14.8. The minimum absolute atomic E-state index is 0.186. The molecule has 1 aromatic heterocycles. The van der Waals surface area contributed by atoms with Crippen molar-refractivity contribution in [3.63, 3.8) is 0 Å². The Labute approximate surface area is 133 Å². The summed E-state index contributed by atoms with van der Waals surface area (Å²) in [5.41, 5.74) is 2.04. The molecule has 0 atom stereocenters. The highest BCUT2D eigenvalue weighted by molar-refractivity contribution is 6.04. The number of aryl methyl sites for hydroxylation is 1. The van der Waals surface area contributed by atoms with Gasteiger partial charge in [-0.2, -0.15) is 0 Å². The van der Waals surface area contributed by atoms with E-state index in [0.29, 0.717) is 28.8 Å². The molecular formula is C17H15N3O3. The summed E-state index contributed by atoms with van der Waals surface area (Å²) in [6.45, 7) is 1.74. The van der Waals surface area contributed by atoms with Crippen LogP contribution in [0.15, 0.2) is 52.9 Å². The number of nitrogens with one attached hydrogen (secondary N) is 1. The molecule has 1 amide bonds. The summed E-state index contributed by atoms with van der Waals surface area (Å²) in [5.74, 6) is 1.49. The van der Waals surface area contributed by atoms with Gasteiger partial charge >= 0.3 is 0 Å². The Bertz CT molecular complexity index is 808. The van der Waals surface area contributed by atoms with E-state index in [4.69, 9.17) is 9.15 Å². The number of rotatable bonds is 4. The molecule has 1 heterocycles. The molecular weight excluding hydrogens is 294 g/mol. The first-order valence-electron chi connectivity index (χ1n) is 7.01. The highest BCUT2D eigenvalue weighted by atomic mass is 16.5. The molecule has 2 aromatic carbocycles. The molecule has 3 rings (SSSR count). The zero-order chi connectivity index (χ0) is 16.2. The van der Waals surface area contributed by atoms with Gasteiger partial charge in [0.2, 0.25) is 11.8 Å². The molecule has 116 valence electrons. The topological polar surface area (TPSA) is 77.2 Å². The number of carbonyl (C=O) groups excluding carboxylic acids is 1. The Morgan fingerprint density at radius 2 is 1.74 bits per heavy atom. The van der Waals surface area contributed by atoms with Crippen molar-refractivity contribution in [2.75, 3.05) is 12.4 Å². The molecule has 0 saturated carbocycles. The smallest absolute Gasteiger partial charge is 0.255 e. The molecule has 0 saturated heterocycles. The lowest BCUT2D eigenvalue weighted by atomic mass is 10.1. The monoisotopic (exact) mass is 309 g/mol. The lowest BCUT2D eigenvalue weighted by Gasteiger charge is -2.06. The summed E-state index contributed by atoms with van der Waals surface area (Å²) in [4.78, 5) is 12.2. The number of carbonyl (C=O) groups is 1. The van der Waals surface area contributed by atoms with Crippen LogP contribution in [0.1, 0.15) is 16.2 Å². The third-order valence-corrected chi connectivity index (χ3v) is 3.27. The molecule has 23 heavy (non-hydrogen) atoms. The van der Waals surface area contributed by atoms with Gasteiger partial charge in [-0.3, -0.25) is 4.79 Å². The normalized spacial score (nSPS) is 10.3. The molecule has 0 spiro atoms. The van der Waals surface area contributed by atoms with Crippen LogP contribution in [-0.4, -0.2) is 23.2 Å². The van der Waals surface area contributed by atoms with Gasteiger partial charge in [-0.1, -0.05) is 0 Å². The predicted molar refractivity (Wildman–Crippen MR) is 85.4 cm³/mol. The van der Waals surface area contributed by atoms with Crippen molar-refractivity contribution in [3.8, 4) is 17.2 Å². The highest BCUT2D eigenvalue weighted by Crippen LogP contribution is 2.20. The molecule has 0 aliphatic heterocycles. The third kappa shape index (κ3) is 3.37. The molecule has 0 aliphatic rings. The summed E-state index contributed by atoms with van der Waals surface area (Å²) >= 11 is 0. The van der Waals surface area contributed by atoms with E-state index in [1.165, 1.54) is 0 Å². The minimum atomic E-state index is -0.186. The van der Waals surface area contributed by atoms with Crippen molar-refractivity contribution in [1.82, 2.24) is 10.2 Å². The maximum Gasteiger partial charge on any atom is 0.255 e. The fourth-order valence-electron chi connectivity index (χ4n) is 2.06. The summed E-state index contributed by atoms with van der Waals surface area (Å²) < 4.78 is 10.4. The average molecular weight is 309 g/mol. The van der Waals surface area contributed by atoms with Crippen molar-refractivity contribution >= 4 is 11.6 Å². The van der Waals surface area contributed by atoms with Gasteiger partial charge in [-0.05, 0) is 48.5 Å². The molecule has 0 radical (unpaired) electrons. The van der Waals surface area contributed by atoms with Crippen molar-refractivity contribution < 1.29 is 13.9 Å². The second-order valence-corrected chi connectivity index (χ2v) is 4.89. The molecule has 0 bridgehead atoms. The van der Waals surface area contributed by atoms with Gasteiger partial charge in [0.15, 0.2) is 0 Å². The minimum Gasteiger partial charge on any atom is -0.497 e. The van der Waals surface area contributed by atoms with Crippen LogP contribution in [0.2, 0.25) is 0 Å². The molecule has 6 heteroatoms. The van der Waals surface area contributed by atoms with E-state index in [1.807, 2.05) is 12.1 Å². The van der Waals surface area contributed by atoms with Gasteiger partial charge in [-0.25, -0.2) is 0 Å². The van der Waals surface area contributed by atoms with E-state index in [2.05, 4.69) is 15.5 Å². The van der Waals surface area contributed by atoms with Crippen LogP contribution < -0.4 is 10.1 Å². The Morgan fingerprint density at radius 1 is 1.04 bits per heavy atom. The van der Waals surface area contributed by atoms with Crippen LogP contribution in [-0.2, 0) is 0 Å². The number of benzene rings is 2. The van der Waals surface area contributed by atoms with Crippen molar-refractivity contribution in [2.45, 2.75) is 6.92 Å². The number of hydrogen-bond donors (Lipinski definition) is 1. The molecule has 1 N–H and O–H groups in total. The number of anilines is 1. The van der Waals surface area contributed by atoms with Gasteiger partial charge in [0.05, 0.1) is 7.11 Å². The Hall–Kier alpha value is -3.15. The van der Waals surface area contributed by atoms with E-state index in [-0.39, 0.29) is 5.91 Å². The number of hydrogen-bond acceptors (Lipinski definition) is 5. The van der Waals surface area contributed by atoms with Crippen LogP contribution in [0.3, 0.4) is 0 Å². The van der Waals surface area contributed by atoms with Crippen molar-refractivity contribution in [1.29, 1.82) is 0 Å². The van der Waals surface area contributed by atoms with Crippen LogP contribution in [0.25, 0.3) is 11.5 Å². The van der Waals surface area contributed by atoms with Crippen molar-refractivity contribution in [3.05, 3.63) is 60.0 Å². The van der Waals surface area contributed by atoms with Gasteiger partial charge in [0.25, 0.3) is 5.91 Å². The van der Waals surface area contributed by atoms with Gasteiger partial charge in [0, 0.05) is 23.7 Å². The maximum atomic E-state index is 12.2. The summed E-state index contributed by atoms with van der Waals surface area (Å²) in [7, 11) is 1.58. The van der Waals surface area contributed by atoms with Crippen molar-refractivity contribution in [2.24, 2.45) is 0 Å². The second kappa shape index (κ2) is 6.31. The maximum absolute atomic E-state index is 12.2. The van der Waals surface area contributed by atoms with E-state index in [9.17, 15) is 4.79 Å². The fourth-order valence-corrected chi connectivity index (χ4v) is 2.06. The number of ether oxygens (including phenoxy) is 1. The lowest BCUT2D eigenvalue weighted by molar-refractivity contribution is 0.102. The Morgan fingerprint density at radius 3 is 2.30 bits per heavy atom. The number of methoxy groups -OCH3 is 1. The van der Waals surface area contributed by atoms with Gasteiger partial charge in [0.1, 0.15) is 5.75 Å². The van der Waals surface area contributed by atoms with Crippen LogP contribution >= 0.6 is 0 Å². The van der Waals surface area contributed by atoms with Gasteiger partial charge in [-0.15, -0.1) is 10.2 Å². The molecule has 0 unspecified atom stereocenters. The second-order valence-electron chi connectivity index (χ2n) is 4.89. The molecule has 0 fully saturated rings. The van der Waals surface area contributed by atoms with Crippen LogP contribution in [0.5, 0.6) is 5.75 Å². The average Bonchev–Trinajstić information content (AvgIpc) is 3.02. The largest absolute Gasteiger partial charge is 0.497 e. The standard InChI is InChI=1S/C17H15N3O3/c1-11-19-20-17(23-11)13-3-7-14(8-4-13)18-16(21)12-5-9-15(22-2)10-6-12/h3-10H,1-2H3,(H,18,21). The number of nitrogens with zero attached hydrogens (tertiary/aromatic N) is 2. The summed E-state index contributed by atoms with van der Waals surface area (Å²) in [6, 6.07) is 14.1. The molecule has 0 aliphatic carbocycles. The molecule has 6 nitrogen and oxygen atoms in total. The first-order chi connectivity index (χ1) is 11.2. The highest BCUT2D eigenvalue weighted by Gasteiger charge is 2.08.